The van der Waals surface area contributed by atoms with Crippen LogP contribution in [0.2, 0.25) is 0 Å². The van der Waals surface area contributed by atoms with E-state index in [-0.39, 0.29) is 11.0 Å². The Balaban J connectivity index is 3.14. The van der Waals surface area contributed by atoms with Crippen molar-refractivity contribution in [1.29, 1.82) is 0 Å². The first kappa shape index (κ1) is 11.1. The predicted molar refractivity (Wildman–Crippen MR) is 52.7 cm³/mol. The smallest absolute Gasteiger partial charge is 0.163 e. The number of nitrogens with two attached hydrogens (primary N) is 1. The molecule has 1 aromatic rings. The quantitative estimate of drug-likeness (QED) is 0.739. The van der Waals surface area contributed by atoms with E-state index in [1.807, 2.05) is 20.8 Å². The van der Waals surface area contributed by atoms with E-state index in [9.17, 15) is 8.78 Å². The lowest BCUT2D eigenvalue weighted by molar-refractivity contribution is 0.316. The summed E-state index contributed by atoms with van der Waals surface area (Å²) in [6, 6.07) is 3.58. The molecule has 0 aliphatic rings. The summed E-state index contributed by atoms with van der Waals surface area (Å²) in [6.45, 7) is 5.67. The van der Waals surface area contributed by atoms with Gasteiger partial charge in [0.25, 0.3) is 0 Å². The van der Waals surface area contributed by atoms with E-state index < -0.39 is 17.7 Å². The molecule has 0 saturated heterocycles. The van der Waals surface area contributed by atoms with E-state index in [0.29, 0.717) is 0 Å². The maximum Gasteiger partial charge on any atom is 0.163 e. The molecule has 0 aliphatic carbocycles. The summed E-state index contributed by atoms with van der Waals surface area (Å²) in [5.74, 6) is -1.68. The van der Waals surface area contributed by atoms with Gasteiger partial charge in [-0.05, 0) is 11.5 Å². The number of hydrogen-bond acceptors (Lipinski definition) is 1. The molecule has 0 unspecified atom stereocenters. The molecule has 2 N–H and O–H groups in total. The second-order valence-corrected chi connectivity index (χ2v) is 4.49. The normalized spacial score (nSPS) is 14.1. The van der Waals surface area contributed by atoms with E-state index in [4.69, 9.17) is 5.73 Å². The van der Waals surface area contributed by atoms with Crippen LogP contribution in [0, 0.1) is 17.0 Å². The highest BCUT2D eigenvalue weighted by molar-refractivity contribution is 5.23. The van der Waals surface area contributed by atoms with Crippen molar-refractivity contribution in [2.75, 3.05) is 0 Å². The number of hydrogen-bond donors (Lipinski definition) is 1. The van der Waals surface area contributed by atoms with Gasteiger partial charge in [0, 0.05) is 11.6 Å². The molecule has 0 radical (unpaired) electrons. The minimum absolute atomic E-state index is 0.234. The first-order chi connectivity index (χ1) is 6.34. The van der Waals surface area contributed by atoms with Gasteiger partial charge < -0.3 is 5.73 Å². The van der Waals surface area contributed by atoms with Crippen molar-refractivity contribution in [3.63, 3.8) is 0 Å². The van der Waals surface area contributed by atoms with Gasteiger partial charge in [-0.15, -0.1) is 0 Å². The van der Waals surface area contributed by atoms with Crippen LogP contribution >= 0.6 is 0 Å². The van der Waals surface area contributed by atoms with Crippen molar-refractivity contribution in [1.82, 2.24) is 0 Å². The Hall–Kier alpha value is -0.960. The van der Waals surface area contributed by atoms with Crippen LogP contribution < -0.4 is 5.73 Å². The third-order valence-corrected chi connectivity index (χ3v) is 2.25. The van der Waals surface area contributed by atoms with Crippen molar-refractivity contribution in [2.45, 2.75) is 26.8 Å². The highest BCUT2D eigenvalue weighted by Crippen LogP contribution is 2.32. The van der Waals surface area contributed by atoms with E-state index in [1.54, 1.807) is 0 Å². The molecule has 0 saturated carbocycles. The fraction of sp³-hybridized carbons (Fsp3) is 0.455. The SMILES string of the molecule is CC(C)(C)[C@@H](N)c1cccc(F)c1F. The zero-order valence-corrected chi connectivity index (χ0v) is 8.64. The van der Waals surface area contributed by atoms with Crippen molar-refractivity contribution in [3.8, 4) is 0 Å². The molecule has 0 amide bonds. The molecule has 3 heteroatoms. The molecule has 0 aromatic heterocycles. The van der Waals surface area contributed by atoms with E-state index >= 15 is 0 Å². The van der Waals surface area contributed by atoms with Gasteiger partial charge in [-0.25, -0.2) is 8.78 Å². The number of rotatable bonds is 1. The second-order valence-electron chi connectivity index (χ2n) is 4.49. The number of benzene rings is 1. The van der Waals surface area contributed by atoms with Gasteiger partial charge in [0.15, 0.2) is 11.6 Å². The van der Waals surface area contributed by atoms with Gasteiger partial charge in [-0.1, -0.05) is 32.9 Å². The van der Waals surface area contributed by atoms with Crippen LogP contribution in [0.4, 0.5) is 8.78 Å². The second kappa shape index (κ2) is 3.65. The summed E-state index contributed by atoms with van der Waals surface area (Å²) in [7, 11) is 0. The minimum atomic E-state index is -0.845. The summed E-state index contributed by atoms with van der Waals surface area (Å²) in [5.41, 5.74) is 5.79. The average molecular weight is 199 g/mol. The first-order valence-corrected chi connectivity index (χ1v) is 4.53. The molecule has 0 aliphatic heterocycles. The van der Waals surface area contributed by atoms with Gasteiger partial charge in [-0.3, -0.25) is 0 Å². The molecule has 0 spiro atoms. The lowest BCUT2D eigenvalue weighted by Crippen LogP contribution is -2.27. The fourth-order valence-corrected chi connectivity index (χ4v) is 1.23. The van der Waals surface area contributed by atoms with Crippen molar-refractivity contribution in [3.05, 3.63) is 35.4 Å². The minimum Gasteiger partial charge on any atom is -0.323 e. The fourth-order valence-electron chi connectivity index (χ4n) is 1.23. The lowest BCUT2D eigenvalue weighted by atomic mass is 9.83. The average Bonchev–Trinajstić information content (AvgIpc) is 2.07. The zero-order valence-electron chi connectivity index (χ0n) is 8.64. The lowest BCUT2D eigenvalue weighted by Gasteiger charge is -2.27. The predicted octanol–water partition coefficient (Wildman–Crippen LogP) is 3.01. The van der Waals surface area contributed by atoms with Crippen molar-refractivity contribution >= 4 is 0 Å². The standard InChI is InChI=1S/C11H15F2N/c1-11(2,3)10(14)7-5-4-6-8(12)9(7)13/h4-6,10H,14H2,1-3H3/t10-/m0/s1. The third kappa shape index (κ3) is 2.10. The molecular formula is C11H15F2N. The molecule has 78 valence electrons. The Morgan fingerprint density at radius 3 is 2.29 bits per heavy atom. The van der Waals surface area contributed by atoms with Crippen LogP contribution in [-0.4, -0.2) is 0 Å². The highest BCUT2D eigenvalue weighted by atomic mass is 19.2. The molecule has 0 heterocycles. The van der Waals surface area contributed by atoms with Crippen molar-refractivity contribution < 1.29 is 8.78 Å². The summed E-state index contributed by atoms with van der Waals surface area (Å²) < 4.78 is 26.2. The van der Waals surface area contributed by atoms with Crippen LogP contribution in [0.1, 0.15) is 32.4 Å². The molecule has 1 rings (SSSR count). The molecule has 1 atom stereocenters. The first-order valence-electron chi connectivity index (χ1n) is 4.53. The molecule has 0 bridgehead atoms. The Labute approximate surface area is 82.9 Å². The molecule has 1 aromatic carbocycles. The monoisotopic (exact) mass is 199 g/mol. The molecule has 1 nitrogen and oxygen atoms in total. The van der Waals surface area contributed by atoms with E-state index in [2.05, 4.69) is 0 Å². The zero-order chi connectivity index (χ0) is 10.9. The van der Waals surface area contributed by atoms with Crippen LogP contribution in [0.5, 0.6) is 0 Å². The maximum absolute atomic E-state index is 13.3. The van der Waals surface area contributed by atoms with Gasteiger partial charge in [0.1, 0.15) is 0 Å². The topological polar surface area (TPSA) is 26.0 Å². The molecule has 0 fully saturated rings. The van der Waals surface area contributed by atoms with Crippen molar-refractivity contribution in [2.24, 2.45) is 11.1 Å². The van der Waals surface area contributed by atoms with Gasteiger partial charge in [-0.2, -0.15) is 0 Å². The van der Waals surface area contributed by atoms with Gasteiger partial charge >= 0.3 is 0 Å². The Kier molecular flexibility index (Phi) is 2.90. The summed E-state index contributed by atoms with van der Waals surface area (Å²) >= 11 is 0. The molecular weight excluding hydrogens is 184 g/mol. The Morgan fingerprint density at radius 1 is 1.21 bits per heavy atom. The van der Waals surface area contributed by atoms with E-state index in [1.165, 1.54) is 12.1 Å². The molecule has 14 heavy (non-hydrogen) atoms. The van der Waals surface area contributed by atoms with Crippen LogP contribution in [0.3, 0.4) is 0 Å². The number of halogens is 2. The Bertz CT molecular complexity index is 329. The summed E-state index contributed by atoms with van der Waals surface area (Å²) in [5, 5.41) is 0. The van der Waals surface area contributed by atoms with Gasteiger partial charge in [0.05, 0.1) is 0 Å². The largest absolute Gasteiger partial charge is 0.323 e. The summed E-state index contributed by atoms with van der Waals surface area (Å²) in [6.07, 6.45) is 0. The van der Waals surface area contributed by atoms with Crippen LogP contribution in [-0.2, 0) is 0 Å². The highest BCUT2D eigenvalue weighted by Gasteiger charge is 2.25. The third-order valence-electron chi connectivity index (χ3n) is 2.25. The summed E-state index contributed by atoms with van der Waals surface area (Å²) in [4.78, 5) is 0. The van der Waals surface area contributed by atoms with Gasteiger partial charge in [0.2, 0.25) is 0 Å². The maximum atomic E-state index is 13.3. The Morgan fingerprint density at radius 2 is 1.79 bits per heavy atom. The van der Waals surface area contributed by atoms with Crippen LogP contribution in [0.15, 0.2) is 18.2 Å². The van der Waals surface area contributed by atoms with Crippen LogP contribution in [0.25, 0.3) is 0 Å². The van der Waals surface area contributed by atoms with E-state index in [0.717, 1.165) is 6.07 Å².